The van der Waals surface area contributed by atoms with Crippen molar-refractivity contribution in [3.8, 4) is 0 Å². The Kier molecular flexibility index (Phi) is 8.88. The maximum Gasteiger partial charge on any atom is 0.308 e. The summed E-state index contributed by atoms with van der Waals surface area (Å²) in [6.07, 6.45) is 5.84. The lowest BCUT2D eigenvalue weighted by molar-refractivity contribution is -0.146. The molecule has 3 heterocycles. The predicted molar refractivity (Wildman–Crippen MR) is 115 cm³/mol. The maximum atomic E-state index is 11.7. The lowest BCUT2D eigenvalue weighted by Crippen LogP contribution is -2.48. The number of hydrogen-bond acceptors (Lipinski definition) is 5. The average molecular weight is 490 g/mol. The highest BCUT2D eigenvalue weighted by molar-refractivity contribution is 14.0. The Morgan fingerprint density at radius 2 is 2.04 bits per heavy atom. The van der Waals surface area contributed by atoms with Crippen molar-refractivity contribution < 1.29 is 13.9 Å². The number of nitrogens with one attached hydrogen (secondary N) is 1. The van der Waals surface area contributed by atoms with Gasteiger partial charge in [0.25, 0.3) is 0 Å². The van der Waals surface area contributed by atoms with Crippen LogP contribution in [-0.4, -0.2) is 68.6 Å². The third-order valence-electron chi connectivity index (χ3n) is 5.45. The Balaban J connectivity index is 0.00000261. The molecule has 2 fully saturated rings. The summed E-state index contributed by atoms with van der Waals surface area (Å²) >= 11 is 0. The van der Waals surface area contributed by atoms with Gasteiger partial charge >= 0.3 is 5.97 Å². The Labute approximate surface area is 178 Å². The van der Waals surface area contributed by atoms with Crippen LogP contribution in [0.3, 0.4) is 0 Å². The van der Waals surface area contributed by atoms with Gasteiger partial charge in [-0.2, -0.15) is 0 Å². The third kappa shape index (κ3) is 5.60. The van der Waals surface area contributed by atoms with Crippen LogP contribution in [0, 0.1) is 5.92 Å². The zero-order chi connectivity index (χ0) is 18.4. The van der Waals surface area contributed by atoms with Gasteiger partial charge in [-0.15, -0.1) is 24.0 Å². The van der Waals surface area contributed by atoms with E-state index in [2.05, 4.69) is 26.2 Å². The minimum absolute atomic E-state index is 0. The standard InChI is InChI=1S/C19H30N4O3.HI/c1-20-19(23-11-7-15(8-12-23)18(24)25-2)21-14-16(17-6-5-13-26-17)22-9-3-4-10-22;/h5-6,13,15-16H,3-4,7-12,14H2,1-2H3,(H,20,21);1H. The van der Waals surface area contributed by atoms with Gasteiger partial charge < -0.3 is 19.4 Å². The molecule has 1 aromatic heterocycles. The Bertz CT molecular complexity index is 594. The minimum atomic E-state index is -0.0977. The summed E-state index contributed by atoms with van der Waals surface area (Å²) in [6.45, 7) is 4.60. The van der Waals surface area contributed by atoms with Crippen LogP contribution in [0.4, 0.5) is 0 Å². The first-order chi connectivity index (χ1) is 12.7. The molecule has 0 saturated carbocycles. The largest absolute Gasteiger partial charge is 0.469 e. The van der Waals surface area contributed by atoms with E-state index in [1.165, 1.54) is 20.0 Å². The molecule has 3 rings (SSSR count). The van der Waals surface area contributed by atoms with Crippen molar-refractivity contribution in [2.75, 3.05) is 46.9 Å². The quantitative estimate of drug-likeness (QED) is 0.296. The molecular weight excluding hydrogens is 459 g/mol. The molecule has 2 aliphatic rings. The van der Waals surface area contributed by atoms with E-state index in [0.29, 0.717) is 0 Å². The van der Waals surface area contributed by atoms with Gasteiger partial charge in [0.1, 0.15) is 5.76 Å². The maximum absolute atomic E-state index is 11.7. The summed E-state index contributed by atoms with van der Waals surface area (Å²) in [7, 11) is 3.27. The number of piperidine rings is 1. The molecule has 0 aromatic carbocycles. The number of carbonyl (C=O) groups excluding carboxylic acids is 1. The van der Waals surface area contributed by atoms with Gasteiger partial charge in [0, 0.05) is 26.7 Å². The Hall–Kier alpha value is -1.29. The SMILES string of the molecule is CN=C(NCC(c1ccco1)N1CCCC1)N1CCC(C(=O)OC)CC1.I. The highest BCUT2D eigenvalue weighted by Gasteiger charge is 2.29. The molecule has 0 amide bonds. The second-order valence-corrected chi connectivity index (χ2v) is 6.99. The van der Waals surface area contributed by atoms with Crippen LogP contribution < -0.4 is 5.32 Å². The molecule has 1 aromatic rings. The van der Waals surface area contributed by atoms with E-state index in [1.807, 2.05) is 13.1 Å². The van der Waals surface area contributed by atoms with Crippen molar-refractivity contribution in [1.29, 1.82) is 0 Å². The van der Waals surface area contributed by atoms with Crippen molar-refractivity contribution in [3.05, 3.63) is 24.2 Å². The van der Waals surface area contributed by atoms with Gasteiger partial charge in [-0.25, -0.2) is 0 Å². The molecule has 8 heteroatoms. The van der Waals surface area contributed by atoms with E-state index in [0.717, 1.165) is 57.3 Å². The molecule has 27 heavy (non-hydrogen) atoms. The second kappa shape index (κ2) is 10.9. The highest BCUT2D eigenvalue weighted by atomic mass is 127. The van der Waals surface area contributed by atoms with Crippen LogP contribution in [0.15, 0.2) is 27.8 Å². The number of guanidine groups is 1. The van der Waals surface area contributed by atoms with E-state index in [4.69, 9.17) is 9.15 Å². The number of furan rings is 1. The van der Waals surface area contributed by atoms with Crippen molar-refractivity contribution in [1.82, 2.24) is 15.1 Å². The fourth-order valence-electron chi connectivity index (χ4n) is 3.96. The summed E-state index contributed by atoms with van der Waals surface area (Å²) in [5.74, 6) is 1.80. The number of aliphatic imine (C=N–C) groups is 1. The molecule has 0 radical (unpaired) electrons. The first-order valence-corrected chi connectivity index (χ1v) is 9.53. The highest BCUT2D eigenvalue weighted by Crippen LogP contribution is 2.25. The second-order valence-electron chi connectivity index (χ2n) is 6.99. The number of halogens is 1. The fraction of sp³-hybridized carbons (Fsp3) is 0.684. The molecule has 1 unspecified atom stereocenters. The summed E-state index contributed by atoms with van der Waals surface area (Å²) in [4.78, 5) is 20.9. The smallest absolute Gasteiger partial charge is 0.308 e. The van der Waals surface area contributed by atoms with Crippen molar-refractivity contribution in [3.63, 3.8) is 0 Å². The molecule has 1 N–H and O–H groups in total. The Morgan fingerprint density at radius 3 is 2.59 bits per heavy atom. The van der Waals surface area contributed by atoms with Gasteiger partial charge in [0.05, 0.1) is 25.3 Å². The number of rotatable bonds is 5. The van der Waals surface area contributed by atoms with Gasteiger partial charge in [-0.05, 0) is 50.9 Å². The van der Waals surface area contributed by atoms with Gasteiger partial charge in [0.2, 0.25) is 0 Å². The fourth-order valence-corrected chi connectivity index (χ4v) is 3.96. The van der Waals surface area contributed by atoms with Crippen molar-refractivity contribution in [2.24, 2.45) is 10.9 Å². The van der Waals surface area contributed by atoms with E-state index in [9.17, 15) is 4.79 Å². The molecule has 0 aliphatic carbocycles. The number of esters is 1. The minimum Gasteiger partial charge on any atom is -0.469 e. The van der Waals surface area contributed by atoms with E-state index >= 15 is 0 Å². The van der Waals surface area contributed by atoms with Crippen LogP contribution in [0.2, 0.25) is 0 Å². The number of methoxy groups -OCH3 is 1. The molecule has 0 bridgehead atoms. The molecule has 0 spiro atoms. The topological polar surface area (TPSA) is 70.3 Å². The van der Waals surface area contributed by atoms with Gasteiger partial charge in [-0.1, -0.05) is 0 Å². The number of likely N-dealkylation sites (tertiary alicyclic amines) is 2. The molecule has 152 valence electrons. The first-order valence-electron chi connectivity index (χ1n) is 9.53. The Morgan fingerprint density at radius 1 is 1.33 bits per heavy atom. The summed E-state index contributed by atoms with van der Waals surface area (Å²) < 4.78 is 10.6. The number of nitrogens with zero attached hydrogens (tertiary/aromatic N) is 3. The van der Waals surface area contributed by atoms with Gasteiger partial charge in [-0.3, -0.25) is 14.7 Å². The number of ether oxygens (including phenoxy) is 1. The van der Waals surface area contributed by atoms with Gasteiger partial charge in [0.15, 0.2) is 5.96 Å². The predicted octanol–water partition coefficient (Wildman–Crippen LogP) is 2.49. The van der Waals surface area contributed by atoms with Crippen LogP contribution in [0.5, 0.6) is 0 Å². The van der Waals surface area contributed by atoms with Crippen molar-refractivity contribution >= 4 is 35.9 Å². The average Bonchev–Trinajstić information content (AvgIpc) is 3.39. The molecule has 2 saturated heterocycles. The molecule has 1 atom stereocenters. The van der Waals surface area contributed by atoms with Crippen LogP contribution in [-0.2, 0) is 9.53 Å². The lowest BCUT2D eigenvalue weighted by atomic mass is 9.97. The zero-order valence-electron chi connectivity index (χ0n) is 16.2. The summed E-state index contributed by atoms with van der Waals surface area (Å²) in [6, 6.07) is 4.22. The van der Waals surface area contributed by atoms with Crippen LogP contribution >= 0.6 is 24.0 Å². The number of hydrogen-bond donors (Lipinski definition) is 1. The molecule has 2 aliphatic heterocycles. The van der Waals surface area contributed by atoms with Crippen LogP contribution in [0.25, 0.3) is 0 Å². The summed E-state index contributed by atoms with van der Waals surface area (Å²) in [5, 5.41) is 3.52. The first kappa shape index (κ1) is 22.0. The number of carbonyl (C=O) groups is 1. The monoisotopic (exact) mass is 490 g/mol. The zero-order valence-corrected chi connectivity index (χ0v) is 18.6. The normalized spacial score (nSPS) is 20.2. The van der Waals surface area contributed by atoms with Crippen molar-refractivity contribution in [2.45, 2.75) is 31.7 Å². The van der Waals surface area contributed by atoms with Crippen LogP contribution in [0.1, 0.15) is 37.5 Å². The van der Waals surface area contributed by atoms with E-state index in [-0.39, 0.29) is 41.9 Å². The molecular formula is C19H31IN4O3. The summed E-state index contributed by atoms with van der Waals surface area (Å²) in [5.41, 5.74) is 0. The van der Waals surface area contributed by atoms with E-state index in [1.54, 1.807) is 6.26 Å². The molecule has 7 nitrogen and oxygen atoms in total. The lowest BCUT2D eigenvalue weighted by Gasteiger charge is -2.34. The third-order valence-corrected chi connectivity index (χ3v) is 5.45. The van der Waals surface area contributed by atoms with E-state index < -0.39 is 0 Å².